The van der Waals surface area contributed by atoms with Gasteiger partial charge in [0.2, 0.25) is 5.58 Å². The van der Waals surface area contributed by atoms with Gasteiger partial charge in [0, 0.05) is 11.1 Å². The minimum absolute atomic E-state index is 0.0118. The van der Waals surface area contributed by atoms with E-state index in [1.54, 1.807) is 6.07 Å². The summed E-state index contributed by atoms with van der Waals surface area (Å²) >= 11 is 6.04. The number of aliphatic imine (C=N–C) groups is 1. The van der Waals surface area contributed by atoms with E-state index in [1.165, 1.54) is 0 Å². The summed E-state index contributed by atoms with van der Waals surface area (Å²) in [6, 6.07) is 5.93. The number of hydrogen-bond donors (Lipinski definition) is 1. The molecule has 0 radical (unpaired) electrons. The maximum Gasteiger partial charge on any atom is 0.495 e. The lowest BCUT2D eigenvalue weighted by atomic mass is 9.96. The molecular weight excluding hydrogens is 262 g/mol. The zero-order valence-electron chi connectivity index (χ0n) is 9.88. The lowest BCUT2D eigenvalue weighted by Crippen LogP contribution is -2.65. The highest BCUT2D eigenvalue weighted by Crippen LogP contribution is 2.27. The largest absolute Gasteiger partial charge is 0.495 e. The van der Waals surface area contributed by atoms with Crippen LogP contribution in [0.3, 0.4) is 0 Å². The van der Waals surface area contributed by atoms with Gasteiger partial charge in [-0.25, -0.2) is 5.41 Å². The van der Waals surface area contributed by atoms with Crippen LogP contribution in [0.4, 0.5) is 6.01 Å². The fourth-order valence-electron chi connectivity index (χ4n) is 2.46. The molecule has 0 unspecified atom stereocenters. The van der Waals surface area contributed by atoms with Gasteiger partial charge in [-0.15, -0.1) is 0 Å². The maximum atomic E-state index is 6.27. The van der Waals surface area contributed by atoms with Gasteiger partial charge in [-0.2, -0.15) is 4.99 Å². The Morgan fingerprint density at radius 2 is 2.21 bits per heavy atom. The van der Waals surface area contributed by atoms with Crippen LogP contribution in [0, 0.1) is 5.92 Å². The van der Waals surface area contributed by atoms with E-state index in [-0.39, 0.29) is 5.92 Å². The maximum absolute atomic E-state index is 6.27. The predicted molar refractivity (Wildman–Crippen MR) is 72.6 cm³/mol. The fraction of sp³-hybridized carbons (Fsp3) is 0.0714. The molecule has 2 aliphatic rings. The van der Waals surface area contributed by atoms with E-state index in [0.717, 1.165) is 16.8 Å². The zero-order chi connectivity index (χ0) is 13.0. The van der Waals surface area contributed by atoms with Crippen molar-refractivity contribution in [2.45, 2.75) is 0 Å². The summed E-state index contributed by atoms with van der Waals surface area (Å²) in [6.07, 6.45) is 7.88. The first-order chi connectivity index (χ1) is 9.24. The van der Waals surface area contributed by atoms with Crippen molar-refractivity contribution in [1.29, 1.82) is 0 Å². The van der Waals surface area contributed by atoms with Gasteiger partial charge in [-0.1, -0.05) is 29.8 Å². The third kappa shape index (κ3) is 1.43. The number of nitrogens with two attached hydrogens (primary N) is 1. The second-order valence-electron chi connectivity index (χ2n) is 4.52. The summed E-state index contributed by atoms with van der Waals surface area (Å²) in [7, 11) is 0. The fourth-order valence-corrected chi connectivity index (χ4v) is 2.63. The number of oxazole rings is 1. The first kappa shape index (κ1) is 10.7. The number of rotatable bonds is 0. The van der Waals surface area contributed by atoms with Crippen LogP contribution >= 0.6 is 11.6 Å². The minimum atomic E-state index is -0.0118. The standard InChI is InChI=1S/C14H9ClN3O/c15-8-5-6-12-11(7-8)18-13(16)9-3-1-2-4-10(9)17-14(18)19-12/h1-7,9,16H/q+1/p+1/t9-/m1/s1. The number of benzene rings is 1. The molecule has 19 heavy (non-hydrogen) atoms. The summed E-state index contributed by atoms with van der Waals surface area (Å²) < 4.78 is 7.54. The second kappa shape index (κ2) is 3.65. The van der Waals surface area contributed by atoms with Crippen LogP contribution in [0.25, 0.3) is 11.1 Å². The summed E-state index contributed by atoms with van der Waals surface area (Å²) in [5, 5.41) is 6.92. The molecule has 4 rings (SSSR count). The van der Waals surface area contributed by atoms with E-state index < -0.39 is 0 Å². The molecule has 0 bridgehead atoms. The normalized spacial score (nSPS) is 20.4. The monoisotopic (exact) mass is 271 g/mol. The quantitative estimate of drug-likeness (QED) is 0.720. The Morgan fingerprint density at radius 3 is 3.11 bits per heavy atom. The van der Waals surface area contributed by atoms with Crippen molar-refractivity contribution in [3.8, 4) is 0 Å². The number of hydrogen-bond acceptors (Lipinski definition) is 2. The zero-order valence-corrected chi connectivity index (χ0v) is 10.6. The molecule has 92 valence electrons. The molecule has 1 aliphatic heterocycles. The average Bonchev–Trinajstić information content (AvgIpc) is 2.76. The third-order valence-corrected chi connectivity index (χ3v) is 3.59. The minimum Gasteiger partial charge on any atom is -0.382 e. The number of allylic oxidation sites excluding steroid dienone is 4. The lowest BCUT2D eigenvalue weighted by Gasteiger charge is -2.11. The first-order valence-corrected chi connectivity index (χ1v) is 6.32. The Bertz CT molecular complexity index is 813. The van der Waals surface area contributed by atoms with Crippen molar-refractivity contribution in [3.05, 3.63) is 47.5 Å². The molecule has 1 aromatic carbocycles. The van der Waals surface area contributed by atoms with Crippen molar-refractivity contribution in [3.63, 3.8) is 0 Å². The number of halogens is 1. The molecule has 4 nitrogen and oxygen atoms in total. The van der Waals surface area contributed by atoms with E-state index in [0.29, 0.717) is 16.9 Å². The molecule has 0 amide bonds. The van der Waals surface area contributed by atoms with Crippen molar-refractivity contribution in [1.82, 2.24) is 0 Å². The second-order valence-corrected chi connectivity index (χ2v) is 4.95. The van der Waals surface area contributed by atoms with E-state index in [2.05, 4.69) is 4.99 Å². The van der Waals surface area contributed by atoms with Crippen LogP contribution in [0.1, 0.15) is 0 Å². The van der Waals surface area contributed by atoms with Crippen LogP contribution in [0.2, 0.25) is 5.02 Å². The van der Waals surface area contributed by atoms with Gasteiger partial charge in [0.25, 0.3) is 5.52 Å². The molecule has 2 heterocycles. The average molecular weight is 272 g/mol. The Balaban J connectivity index is 2.06. The van der Waals surface area contributed by atoms with Gasteiger partial charge in [0.1, 0.15) is 0 Å². The highest BCUT2D eigenvalue weighted by molar-refractivity contribution is 6.31. The smallest absolute Gasteiger partial charge is 0.382 e. The summed E-state index contributed by atoms with van der Waals surface area (Å²) in [6.45, 7) is 0. The summed E-state index contributed by atoms with van der Waals surface area (Å²) in [5.74, 6) is 0.670. The third-order valence-electron chi connectivity index (χ3n) is 3.36. The molecule has 0 saturated carbocycles. The van der Waals surface area contributed by atoms with Crippen LogP contribution in [-0.4, -0.2) is 11.5 Å². The molecule has 1 atom stereocenters. The Kier molecular flexibility index (Phi) is 2.05. The SMILES string of the molecule is [NH2+]=C1[C@@H]2C=CC=CC2=Nc2oc3ccc(Cl)cc3[n+]21. The van der Waals surface area contributed by atoms with Crippen LogP contribution in [0.15, 0.2) is 51.9 Å². The van der Waals surface area contributed by atoms with Gasteiger partial charge in [-0.05, 0) is 22.8 Å². The number of aromatic nitrogens is 1. The topological polar surface area (TPSA) is 55.0 Å². The van der Waals surface area contributed by atoms with E-state index in [1.807, 2.05) is 41.0 Å². The number of fused-ring (bicyclic) bond motifs is 4. The van der Waals surface area contributed by atoms with Gasteiger partial charge >= 0.3 is 11.9 Å². The molecule has 1 aliphatic carbocycles. The van der Waals surface area contributed by atoms with Crippen LogP contribution in [-0.2, 0) is 0 Å². The highest BCUT2D eigenvalue weighted by Gasteiger charge is 2.43. The number of nitrogens with zero attached hydrogens (tertiary/aromatic N) is 2. The first-order valence-electron chi connectivity index (χ1n) is 5.94. The predicted octanol–water partition coefficient (Wildman–Crippen LogP) is 1.21. The van der Waals surface area contributed by atoms with E-state index in [9.17, 15) is 0 Å². The van der Waals surface area contributed by atoms with Crippen molar-refractivity contribution in [2.75, 3.05) is 0 Å². The Hall–Kier alpha value is -2.20. The van der Waals surface area contributed by atoms with Crippen molar-refractivity contribution >= 4 is 40.3 Å². The van der Waals surface area contributed by atoms with Crippen LogP contribution < -0.4 is 9.98 Å². The van der Waals surface area contributed by atoms with E-state index in [4.69, 9.17) is 21.4 Å². The molecule has 5 heteroatoms. The Morgan fingerprint density at radius 1 is 1.32 bits per heavy atom. The molecule has 0 spiro atoms. The molecular formula is C14H10ClN3O+2. The van der Waals surface area contributed by atoms with Crippen molar-refractivity contribution in [2.24, 2.45) is 10.9 Å². The highest BCUT2D eigenvalue weighted by atomic mass is 35.5. The van der Waals surface area contributed by atoms with E-state index >= 15 is 0 Å². The molecule has 2 N–H and O–H groups in total. The molecule has 2 aromatic rings. The summed E-state index contributed by atoms with van der Waals surface area (Å²) in [5.41, 5.74) is 2.45. The Labute approximate surface area is 113 Å². The van der Waals surface area contributed by atoms with Crippen LogP contribution in [0.5, 0.6) is 0 Å². The van der Waals surface area contributed by atoms with Gasteiger partial charge in [0.15, 0.2) is 5.92 Å². The molecule has 0 saturated heterocycles. The van der Waals surface area contributed by atoms with Gasteiger partial charge < -0.3 is 4.42 Å². The lowest BCUT2D eigenvalue weighted by molar-refractivity contribution is -0.550. The molecule has 0 fully saturated rings. The van der Waals surface area contributed by atoms with Crippen molar-refractivity contribution < 1.29 is 14.4 Å². The molecule has 1 aromatic heterocycles. The summed E-state index contributed by atoms with van der Waals surface area (Å²) in [4.78, 5) is 4.52. The van der Waals surface area contributed by atoms with Gasteiger partial charge in [0.05, 0.1) is 5.71 Å². The van der Waals surface area contributed by atoms with Gasteiger partial charge in [-0.3, -0.25) is 0 Å².